The summed E-state index contributed by atoms with van der Waals surface area (Å²) in [6.45, 7) is 0. The summed E-state index contributed by atoms with van der Waals surface area (Å²) in [6, 6.07) is 16.1. The monoisotopic (exact) mass is 354 g/mol. The third kappa shape index (κ3) is 2.06. The normalized spacial score (nSPS) is 21.2. The Kier molecular flexibility index (Phi) is 3.26. The van der Waals surface area contributed by atoms with Crippen molar-refractivity contribution in [2.75, 3.05) is 0 Å². The number of hydrogen-bond donors (Lipinski definition) is 0. The molecule has 24 heavy (non-hydrogen) atoms. The molecule has 120 valence electrons. The number of aromatic nitrogens is 2. The molecule has 0 amide bonds. The van der Waals surface area contributed by atoms with Crippen LogP contribution in [-0.4, -0.2) is 9.78 Å². The zero-order chi connectivity index (χ0) is 16.3. The Morgan fingerprint density at radius 3 is 2.54 bits per heavy atom. The van der Waals surface area contributed by atoms with Crippen molar-refractivity contribution in [3.05, 3.63) is 69.8 Å². The van der Waals surface area contributed by atoms with E-state index in [0.29, 0.717) is 21.9 Å². The lowest BCUT2D eigenvalue weighted by molar-refractivity contribution is 0.689. The van der Waals surface area contributed by atoms with Crippen LogP contribution < -0.4 is 0 Å². The molecule has 1 aromatic heterocycles. The lowest BCUT2D eigenvalue weighted by Gasteiger charge is -2.14. The van der Waals surface area contributed by atoms with Crippen molar-refractivity contribution in [3.8, 4) is 16.9 Å². The third-order valence-electron chi connectivity index (χ3n) is 5.36. The molecule has 1 heterocycles. The van der Waals surface area contributed by atoms with Crippen LogP contribution >= 0.6 is 23.2 Å². The largest absolute Gasteiger partial charge is 0.231 e. The molecule has 1 saturated carbocycles. The van der Waals surface area contributed by atoms with E-state index in [4.69, 9.17) is 28.3 Å². The van der Waals surface area contributed by atoms with Gasteiger partial charge in [-0.3, -0.25) is 0 Å². The number of nitrogens with zero attached hydrogens (tertiary/aromatic N) is 2. The Balaban J connectivity index is 1.79. The minimum atomic E-state index is 0.611. The van der Waals surface area contributed by atoms with Gasteiger partial charge in [-0.1, -0.05) is 53.5 Å². The molecule has 2 bridgehead atoms. The quantitative estimate of drug-likeness (QED) is 0.534. The van der Waals surface area contributed by atoms with Gasteiger partial charge in [-0.2, -0.15) is 5.10 Å². The molecule has 2 aliphatic carbocycles. The molecule has 2 atom stereocenters. The molecule has 2 nitrogen and oxygen atoms in total. The highest BCUT2D eigenvalue weighted by molar-refractivity contribution is 6.35. The fourth-order valence-corrected chi connectivity index (χ4v) is 4.83. The van der Waals surface area contributed by atoms with Gasteiger partial charge >= 0.3 is 0 Å². The molecule has 1 fully saturated rings. The second-order valence-corrected chi connectivity index (χ2v) is 7.57. The first kappa shape index (κ1) is 14.6. The van der Waals surface area contributed by atoms with Crippen molar-refractivity contribution in [3.63, 3.8) is 0 Å². The van der Waals surface area contributed by atoms with Crippen molar-refractivity contribution < 1.29 is 0 Å². The SMILES string of the molecule is Clc1ccc(-n2nc3c(c2-c2ccccc2)C2CCC3C2)c(Cl)c1. The minimum absolute atomic E-state index is 0.611. The number of halogens is 2. The maximum absolute atomic E-state index is 6.49. The highest BCUT2D eigenvalue weighted by Crippen LogP contribution is 2.55. The van der Waals surface area contributed by atoms with Crippen LogP contribution in [0.25, 0.3) is 16.9 Å². The summed E-state index contributed by atoms with van der Waals surface area (Å²) in [7, 11) is 0. The Hall–Kier alpha value is -1.77. The topological polar surface area (TPSA) is 17.8 Å². The summed E-state index contributed by atoms with van der Waals surface area (Å²) in [5, 5.41) is 6.28. The van der Waals surface area contributed by atoms with Crippen LogP contribution in [0.15, 0.2) is 48.5 Å². The molecule has 2 aliphatic rings. The van der Waals surface area contributed by atoms with E-state index in [9.17, 15) is 0 Å². The second-order valence-electron chi connectivity index (χ2n) is 6.73. The van der Waals surface area contributed by atoms with Crippen LogP contribution in [0.5, 0.6) is 0 Å². The zero-order valence-electron chi connectivity index (χ0n) is 13.0. The minimum Gasteiger partial charge on any atom is -0.231 e. The first-order chi connectivity index (χ1) is 11.7. The molecule has 5 rings (SSSR count). The number of fused-ring (bicyclic) bond motifs is 5. The zero-order valence-corrected chi connectivity index (χ0v) is 14.6. The van der Waals surface area contributed by atoms with E-state index < -0.39 is 0 Å². The molecule has 4 heteroatoms. The lowest BCUT2D eigenvalue weighted by atomic mass is 9.93. The predicted molar refractivity (Wildman–Crippen MR) is 98.4 cm³/mol. The predicted octanol–water partition coefficient (Wildman–Crippen LogP) is 6.21. The second kappa shape index (κ2) is 5.37. The molecular formula is C20H16Cl2N2. The van der Waals surface area contributed by atoms with Gasteiger partial charge in [0.25, 0.3) is 0 Å². The highest BCUT2D eigenvalue weighted by Gasteiger charge is 2.42. The molecule has 2 aromatic carbocycles. The van der Waals surface area contributed by atoms with Gasteiger partial charge in [0, 0.05) is 22.1 Å². The van der Waals surface area contributed by atoms with E-state index in [2.05, 4.69) is 24.3 Å². The van der Waals surface area contributed by atoms with Gasteiger partial charge in [0.1, 0.15) is 0 Å². The summed E-state index contributed by atoms with van der Waals surface area (Å²) < 4.78 is 2.03. The fraction of sp³-hybridized carbons (Fsp3) is 0.250. The van der Waals surface area contributed by atoms with Gasteiger partial charge in [0.15, 0.2) is 0 Å². The van der Waals surface area contributed by atoms with Crippen LogP contribution in [0.4, 0.5) is 0 Å². The molecule has 0 aliphatic heterocycles. The molecule has 0 saturated heterocycles. The lowest BCUT2D eigenvalue weighted by Crippen LogP contribution is -2.02. The van der Waals surface area contributed by atoms with Gasteiger partial charge in [0.2, 0.25) is 0 Å². The van der Waals surface area contributed by atoms with Crippen molar-refractivity contribution in [2.45, 2.75) is 31.1 Å². The summed E-state index contributed by atoms with van der Waals surface area (Å²) in [4.78, 5) is 0. The van der Waals surface area contributed by atoms with Gasteiger partial charge < -0.3 is 0 Å². The van der Waals surface area contributed by atoms with Crippen molar-refractivity contribution in [1.29, 1.82) is 0 Å². The maximum atomic E-state index is 6.49. The van der Waals surface area contributed by atoms with Gasteiger partial charge in [0.05, 0.1) is 22.1 Å². The highest BCUT2D eigenvalue weighted by atomic mass is 35.5. The third-order valence-corrected chi connectivity index (χ3v) is 5.90. The first-order valence-electron chi connectivity index (χ1n) is 8.36. The average molecular weight is 355 g/mol. The van der Waals surface area contributed by atoms with Gasteiger partial charge in [-0.15, -0.1) is 0 Å². The molecule has 0 radical (unpaired) electrons. The van der Waals surface area contributed by atoms with E-state index in [0.717, 1.165) is 5.69 Å². The number of hydrogen-bond acceptors (Lipinski definition) is 1. The summed E-state index contributed by atoms with van der Waals surface area (Å²) in [5.41, 5.74) is 6.00. The Morgan fingerprint density at radius 2 is 1.75 bits per heavy atom. The standard InChI is InChI=1S/C20H16Cl2N2/c21-15-8-9-17(16(22)11-15)24-20(12-4-2-1-3-5-12)18-13-6-7-14(10-13)19(18)23-24/h1-5,8-9,11,13-14H,6-7,10H2. The number of rotatable bonds is 2. The Bertz CT molecular complexity index is 930. The van der Waals surface area contributed by atoms with Crippen LogP contribution in [0.1, 0.15) is 42.4 Å². The molecule has 2 unspecified atom stereocenters. The summed E-state index contributed by atoms with van der Waals surface area (Å²) >= 11 is 12.6. The van der Waals surface area contributed by atoms with Gasteiger partial charge in [-0.25, -0.2) is 4.68 Å². The fourth-order valence-electron chi connectivity index (χ4n) is 4.34. The van der Waals surface area contributed by atoms with Crippen LogP contribution in [0.2, 0.25) is 10.0 Å². The molecule has 3 aromatic rings. The Labute approximate surface area is 151 Å². The first-order valence-corrected chi connectivity index (χ1v) is 9.11. The van der Waals surface area contributed by atoms with E-state index in [1.54, 1.807) is 6.07 Å². The van der Waals surface area contributed by atoms with Gasteiger partial charge in [-0.05, 0) is 43.4 Å². The molecule has 0 N–H and O–H groups in total. The molecular weight excluding hydrogens is 339 g/mol. The smallest absolute Gasteiger partial charge is 0.0840 e. The van der Waals surface area contributed by atoms with Crippen LogP contribution in [-0.2, 0) is 0 Å². The van der Waals surface area contributed by atoms with E-state index in [-0.39, 0.29) is 0 Å². The van der Waals surface area contributed by atoms with E-state index in [1.807, 2.05) is 22.9 Å². The van der Waals surface area contributed by atoms with Crippen LogP contribution in [0.3, 0.4) is 0 Å². The summed E-state index contributed by atoms with van der Waals surface area (Å²) in [5.74, 6) is 1.25. The average Bonchev–Trinajstić information content (AvgIpc) is 3.27. The summed E-state index contributed by atoms with van der Waals surface area (Å²) in [6.07, 6.45) is 3.79. The number of benzene rings is 2. The van der Waals surface area contributed by atoms with Crippen molar-refractivity contribution in [1.82, 2.24) is 9.78 Å². The molecule has 0 spiro atoms. The Morgan fingerprint density at radius 1 is 0.958 bits per heavy atom. The van der Waals surface area contributed by atoms with Crippen LogP contribution in [0, 0.1) is 0 Å². The van der Waals surface area contributed by atoms with Crippen molar-refractivity contribution in [2.24, 2.45) is 0 Å². The van der Waals surface area contributed by atoms with E-state index >= 15 is 0 Å². The maximum Gasteiger partial charge on any atom is 0.0840 e. The van der Waals surface area contributed by atoms with Crippen molar-refractivity contribution >= 4 is 23.2 Å². The van der Waals surface area contributed by atoms with E-state index in [1.165, 1.54) is 41.8 Å².